The van der Waals surface area contributed by atoms with Gasteiger partial charge in [-0.1, -0.05) is 12.1 Å². The maximum Gasteiger partial charge on any atom is 0.278 e. The van der Waals surface area contributed by atoms with Gasteiger partial charge < -0.3 is 15.0 Å². The molecule has 0 aliphatic heterocycles. The van der Waals surface area contributed by atoms with Gasteiger partial charge >= 0.3 is 0 Å². The number of hydrogen-bond acceptors (Lipinski definition) is 5. The first-order valence-electron chi connectivity index (χ1n) is 9.22. The molecule has 2 aromatic carbocycles. The van der Waals surface area contributed by atoms with Crippen molar-refractivity contribution in [1.82, 2.24) is 9.97 Å². The predicted molar refractivity (Wildman–Crippen MR) is 109 cm³/mol. The first kappa shape index (κ1) is 18.6. The Bertz CT molecular complexity index is 921. The van der Waals surface area contributed by atoms with Gasteiger partial charge in [0.2, 0.25) is 0 Å². The molecule has 0 saturated carbocycles. The summed E-state index contributed by atoms with van der Waals surface area (Å²) in [5.41, 5.74) is 2.48. The fraction of sp³-hybridized carbons (Fsp3) is 0.286. The van der Waals surface area contributed by atoms with Crippen LogP contribution >= 0.6 is 0 Å². The molecule has 3 rings (SSSR count). The SMILES string of the molecule is CCOc1ccc(NC(=O)c2nc3ccccc3nc2N(CC)CC)cc1. The van der Waals surface area contributed by atoms with Gasteiger partial charge in [-0.25, -0.2) is 9.97 Å². The Morgan fingerprint density at radius 2 is 1.59 bits per heavy atom. The van der Waals surface area contributed by atoms with E-state index in [9.17, 15) is 4.79 Å². The largest absolute Gasteiger partial charge is 0.494 e. The van der Waals surface area contributed by atoms with Gasteiger partial charge in [0.05, 0.1) is 17.6 Å². The first-order chi connectivity index (χ1) is 13.2. The molecule has 27 heavy (non-hydrogen) atoms. The van der Waals surface area contributed by atoms with E-state index < -0.39 is 0 Å². The van der Waals surface area contributed by atoms with Crippen LogP contribution in [0.1, 0.15) is 31.3 Å². The van der Waals surface area contributed by atoms with Crippen molar-refractivity contribution in [3.05, 3.63) is 54.2 Å². The smallest absolute Gasteiger partial charge is 0.278 e. The number of para-hydroxylation sites is 2. The van der Waals surface area contributed by atoms with Crippen LogP contribution in [-0.2, 0) is 0 Å². The highest BCUT2D eigenvalue weighted by Gasteiger charge is 2.20. The van der Waals surface area contributed by atoms with Crippen molar-refractivity contribution < 1.29 is 9.53 Å². The van der Waals surface area contributed by atoms with E-state index in [-0.39, 0.29) is 5.91 Å². The van der Waals surface area contributed by atoms with Crippen LogP contribution in [0, 0.1) is 0 Å². The van der Waals surface area contributed by atoms with Gasteiger partial charge in [-0.3, -0.25) is 4.79 Å². The summed E-state index contributed by atoms with van der Waals surface area (Å²) in [6.07, 6.45) is 0. The van der Waals surface area contributed by atoms with E-state index in [0.29, 0.717) is 29.3 Å². The van der Waals surface area contributed by atoms with E-state index in [1.165, 1.54) is 0 Å². The molecule has 1 amide bonds. The highest BCUT2D eigenvalue weighted by atomic mass is 16.5. The van der Waals surface area contributed by atoms with Gasteiger partial charge in [-0.2, -0.15) is 0 Å². The molecule has 0 bridgehead atoms. The lowest BCUT2D eigenvalue weighted by atomic mass is 10.2. The Kier molecular flexibility index (Phi) is 5.86. The van der Waals surface area contributed by atoms with E-state index in [4.69, 9.17) is 9.72 Å². The van der Waals surface area contributed by atoms with Crippen LogP contribution in [0.4, 0.5) is 11.5 Å². The molecule has 0 radical (unpaired) electrons. The highest BCUT2D eigenvalue weighted by Crippen LogP contribution is 2.22. The summed E-state index contributed by atoms with van der Waals surface area (Å²) in [4.78, 5) is 24.3. The molecule has 0 unspecified atom stereocenters. The lowest BCUT2D eigenvalue weighted by molar-refractivity contribution is 0.102. The molecule has 140 valence electrons. The van der Waals surface area contributed by atoms with Crippen molar-refractivity contribution in [2.45, 2.75) is 20.8 Å². The van der Waals surface area contributed by atoms with Crippen LogP contribution in [0.3, 0.4) is 0 Å². The summed E-state index contributed by atoms with van der Waals surface area (Å²) < 4.78 is 5.44. The number of carbonyl (C=O) groups excluding carboxylic acids is 1. The Hall–Kier alpha value is -3.15. The minimum Gasteiger partial charge on any atom is -0.494 e. The van der Waals surface area contributed by atoms with Gasteiger partial charge in [0.25, 0.3) is 5.91 Å². The number of benzene rings is 2. The molecule has 6 nitrogen and oxygen atoms in total. The number of anilines is 2. The summed E-state index contributed by atoms with van der Waals surface area (Å²) in [7, 11) is 0. The molecule has 0 atom stereocenters. The Labute approximate surface area is 159 Å². The van der Waals surface area contributed by atoms with Crippen molar-refractivity contribution in [2.75, 3.05) is 29.9 Å². The van der Waals surface area contributed by atoms with E-state index in [2.05, 4.69) is 10.3 Å². The zero-order chi connectivity index (χ0) is 19.2. The van der Waals surface area contributed by atoms with E-state index >= 15 is 0 Å². The third kappa shape index (κ3) is 4.16. The summed E-state index contributed by atoms with van der Waals surface area (Å²) in [6.45, 7) is 8.09. The highest BCUT2D eigenvalue weighted by molar-refractivity contribution is 6.07. The molecular weight excluding hydrogens is 340 g/mol. The van der Waals surface area contributed by atoms with Gasteiger partial charge in [0.15, 0.2) is 11.5 Å². The number of amides is 1. The first-order valence-corrected chi connectivity index (χ1v) is 9.22. The molecule has 1 aromatic heterocycles. The second-order valence-corrected chi connectivity index (χ2v) is 5.97. The number of rotatable bonds is 7. The molecule has 1 heterocycles. The quantitative estimate of drug-likeness (QED) is 0.683. The Balaban J connectivity index is 1.95. The number of hydrogen-bond donors (Lipinski definition) is 1. The van der Waals surface area contributed by atoms with Gasteiger partial charge in [0, 0.05) is 18.8 Å². The number of nitrogens with zero attached hydrogens (tertiary/aromatic N) is 3. The fourth-order valence-corrected chi connectivity index (χ4v) is 2.88. The van der Waals surface area contributed by atoms with Gasteiger partial charge in [0.1, 0.15) is 5.75 Å². The predicted octanol–water partition coefficient (Wildman–Crippen LogP) is 4.13. The van der Waals surface area contributed by atoms with Crippen LogP contribution < -0.4 is 15.0 Å². The van der Waals surface area contributed by atoms with E-state index in [1.807, 2.05) is 74.2 Å². The number of ether oxygens (including phenoxy) is 1. The minimum absolute atomic E-state index is 0.278. The molecule has 0 spiro atoms. The number of fused-ring (bicyclic) bond motifs is 1. The monoisotopic (exact) mass is 364 g/mol. The molecule has 1 N–H and O–H groups in total. The zero-order valence-corrected chi connectivity index (χ0v) is 15.9. The molecule has 0 fully saturated rings. The molecule has 6 heteroatoms. The third-order valence-corrected chi connectivity index (χ3v) is 4.25. The van der Waals surface area contributed by atoms with Crippen molar-refractivity contribution in [2.24, 2.45) is 0 Å². The lowest BCUT2D eigenvalue weighted by Gasteiger charge is -2.22. The summed E-state index contributed by atoms with van der Waals surface area (Å²) in [6, 6.07) is 14.9. The molecule has 3 aromatic rings. The average molecular weight is 364 g/mol. The van der Waals surface area contributed by atoms with E-state index in [0.717, 1.165) is 24.4 Å². The third-order valence-electron chi connectivity index (χ3n) is 4.25. The van der Waals surface area contributed by atoms with Crippen molar-refractivity contribution >= 4 is 28.4 Å². The van der Waals surface area contributed by atoms with Crippen LogP contribution in [0.2, 0.25) is 0 Å². The minimum atomic E-state index is -0.278. The zero-order valence-electron chi connectivity index (χ0n) is 15.9. The summed E-state index contributed by atoms with van der Waals surface area (Å²) in [5.74, 6) is 1.09. The molecular formula is C21H24N4O2. The molecule has 0 aliphatic rings. The second-order valence-electron chi connectivity index (χ2n) is 5.97. The number of nitrogens with one attached hydrogen (secondary N) is 1. The van der Waals surface area contributed by atoms with Crippen molar-refractivity contribution in [3.8, 4) is 5.75 Å². The van der Waals surface area contributed by atoms with Crippen LogP contribution in [-0.4, -0.2) is 35.6 Å². The van der Waals surface area contributed by atoms with Crippen LogP contribution in [0.25, 0.3) is 11.0 Å². The lowest BCUT2D eigenvalue weighted by Crippen LogP contribution is -2.27. The number of aromatic nitrogens is 2. The maximum absolute atomic E-state index is 13.0. The average Bonchev–Trinajstić information content (AvgIpc) is 2.70. The number of carbonyl (C=O) groups is 1. The van der Waals surface area contributed by atoms with Crippen LogP contribution in [0.15, 0.2) is 48.5 Å². The Morgan fingerprint density at radius 1 is 0.963 bits per heavy atom. The van der Waals surface area contributed by atoms with Gasteiger partial charge in [-0.05, 0) is 57.2 Å². The van der Waals surface area contributed by atoms with Gasteiger partial charge in [-0.15, -0.1) is 0 Å². The fourth-order valence-electron chi connectivity index (χ4n) is 2.88. The normalized spacial score (nSPS) is 10.6. The summed E-state index contributed by atoms with van der Waals surface area (Å²) in [5, 5.41) is 2.91. The standard InChI is InChI=1S/C21H24N4O2/c1-4-25(5-2)20-19(23-17-9-7-8-10-18(17)24-20)21(26)22-15-11-13-16(14-12-15)27-6-3/h7-14H,4-6H2,1-3H3,(H,22,26). The molecule has 0 saturated heterocycles. The topological polar surface area (TPSA) is 67.3 Å². The van der Waals surface area contributed by atoms with Crippen LogP contribution in [0.5, 0.6) is 5.75 Å². The van der Waals surface area contributed by atoms with E-state index in [1.54, 1.807) is 0 Å². The maximum atomic E-state index is 13.0. The molecule has 0 aliphatic carbocycles. The van der Waals surface area contributed by atoms with Crippen molar-refractivity contribution in [1.29, 1.82) is 0 Å². The second kappa shape index (κ2) is 8.49. The van der Waals surface area contributed by atoms with Crippen molar-refractivity contribution in [3.63, 3.8) is 0 Å². The summed E-state index contributed by atoms with van der Waals surface area (Å²) >= 11 is 0. The Morgan fingerprint density at radius 3 is 2.19 bits per heavy atom.